The lowest BCUT2D eigenvalue weighted by atomic mass is 9.84. The second-order valence-corrected chi connectivity index (χ2v) is 6.85. The monoisotopic (exact) mass is 303 g/mol. The molecule has 1 unspecified atom stereocenters. The fourth-order valence-electron chi connectivity index (χ4n) is 3.31. The van der Waals surface area contributed by atoms with Gasteiger partial charge in [-0.25, -0.2) is 0 Å². The predicted octanol–water partition coefficient (Wildman–Crippen LogP) is 2.23. The minimum atomic E-state index is 0.0356. The number of nitrogens with zero attached hydrogens (tertiary/aromatic N) is 2. The number of amides is 1. The zero-order chi connectivity index (χ0) is 14.2. The van der Waals surface area contributed by atoms with Crippen LogP contribution in [0.1, 0.15) is 22.5 Å². The highest BCUT2D eigenvalue weighted by Crippen LogP contribution is 2.29. The molecule has 2 bridgehead atoms. The smallest absolute Gasteiger partial charge is 0.261 e. The lowest BCUT2D eigenvalue weighted by molar-refractivity contribution is 0.0622. The molecular weight excluding hydrogens is 286 g/mol. The second kappa shape index (κ2) is 5.27. The molecule has 5 heterocycles. The number of hydrogen-bond acceptors (Lipinski definition) is 5. The fourth-order valence-corrected chi connectivity index (χ4v) is 4.18. The quantitative estimate of drug-likeness (QED) is 0.944. The maximum Gasteiger partial charge on any atom is 0.261 e. The highest BCUT2D eigenvalue weighted by Gasteiger charge is 2.35. The molecule has 2 aromatic rings. The van der Waals surface area contributed by atoms with Crippen molar-refractivity contribution in [3.8, 4) is 10.6 Å². The van der Waals surface area contributed by atoms with Crippen LogP contribution in [0.4, 0.5) is 0 Å². The van der Waals surface area contributed by atoms with Gasteiger partial charge in [0.05, 0.1) is 9.75 Å². The van der Waals surface area contributed by atoms with Gasteiger partial charge in [-0.05, 0) is 44.0 Å². The molecule has 6 heteroatoms. The van der Waals surface area contributed by atoms with Crippen molar-refractivity contribution in [1.29, 1.82) is 0 Å². The molecule has 1 N–H and O–H groups in total. The van der Waals surface area contributed by atoms with Gasteiger partial charge in [-0.1, -0.05) is 5.16 Å². The first-order valence-electron chi connectivity index (χ1n) is 7.33. The third kappa shape index (κ3) is 2.49. The number of fused-ring (bicyclic) bond motifs is 3. The Hall–Kier alpha value is -1.66. The summed E-state index contributed by atoms with van der Waals surface area (Å²) < 4.78 is 4.84. The Morgan fingerprint density at radius 3 is 2.86 bits per heavy atom. The van der Waals surface area contributed by atoms with E-state index < -0.39 is 0 Å². The van der Waals surface area contributed by atoms with E-state index >= 15 is 0 Å². The van der Waals surface area contributed by atoms with Gasteiger partial charge >= 0.3 is 0 Å². The van der Waals surface area contributed by atoms with Gasteiger partial charge in [0.25, 0.3) is 5.91 Å². The third-order valence-corrected chi connectivity index (χ3v) is 5.60. The van der Waals surface area contributed by atoms with Crippen molar-refractivity contribution < 1.29 is 9.32 Å². The predicted molar refractivity (Wildman–Crippen MR) is 80.2 cm³/mol. The summed E-state index contributed by atoms with van der Waals surface area (Å²) in [6, 6.07) is 5.90. The molecule has 3 fully saturated rings. The van der Waals surface area contributed by atoms with Crippen LogP contribution in [0.15, 0.2) is 29.0 Å². The lowest BCUT2D eigenvalue weighted by Gasteiger charge is -2.44. The second-order valence-electron chi connectivity index (χ2n) is 5.77. The summed E-state index contributed by atoms with van der Waals surface area (Å²) in [5.74, 6) is 0.683. The summed E-state index contributed by atoms with van der Waals surface area (Å²) in [6.45, 7) is 3.37. The molecule has 0 spiro atoms. The first-order valence-corrected chi connectivity index (χ1v) is 8.15. The van der Waals surface area contributed by atoms with Crippen LogP contribution in [0, 0.1) is 5.92 Å². The molecule has 5 nitrogen and oxygen atoms in total. The minimum absolute atomic E-state index is 0.0356. The van der Waals surface area contributed by atoms with Crippen LogP contribution in [-0.2, 0) is 0 Å². The first-order chi connectivity index (χ1) is 10.3. The molecule has 0 aromatic carbocycles. The van der Waals surface area contributed by atoms with Crippen LogP contribution in [0.25, 0.3) is 10.6 Å². The molecule has 5 rings (SSSR count). The van der Waals surface area contributed by atoms with Crippen molar-refractivity contribution in [2.45, 2.75) is 18.9 Å². The Kier molecular flexibility index (Phi) is 3.27. The molecule has 0 saturated carbocycles. The maximum absolute atomic E-state index is 12.4. The van der Waals surface area contributed by atoms with E-state index in [1.165, 1.54) is 37.3 Å². The molecule has 0 radical (unpaired) electrons. The van der Waals surface area contributed by atoms with Gasteiger partial charge in [0.2, 0.25) is 0 Å². The Morgan fingerprint density at radius 2 is 2.19 bits per heavy atom. The number of rotatable bonds is 3. The molecule has 21 heavy (non-hydrogen) atoms. The summed E-state index contributed by atoms with van der Waals surface area (Å²) in [5, 5.41) is 7.11. The van der Waals surface area contributed by atoms with E-state index in [1.54, 1.807) is 12.3 Å². The standard InChI is InChI=1S/C15H17N3O2S/c19-15(16-12-9-18-6-3-10(12)4-7-18)14-2-1-13(21-14)11-5-8-20-17-11/h1-2,5,8,10,12H,3-4,6-7,9H2,(H,16,19). The van der Waals surface area contributed by atoms with Crippen molar-refractivity contribution in [2.75, 3.05) is 19.6 Å². The first kappa shape index (κ1) is 13.0. The molecule has 3 aliphatic rings. The average Bonchev–Trinajstić information content (AvgIpc) is 3.20. The average molecular weight is 303 g/mol. The highest BCUT2D eigenvalue weighted by molar-refractivity contribution is 7.17. The van der Waals surface area contributed by atoms with E-state index in [1.807, 2.05) is 12.1 Å². The summed E-state index contributed by atoms with van der Waals surface area (Å²) >= 11 is 1.46. The number of nitrogens with one attached hydrogen (secondary N) is 1. The molecule has 2 aromatic heterocycles. The van der Waals surface area contributed by atoms with E-state index in [-0.39, 0.29) is 5.91 Å². The molecule has 1 amide bonds. The van der Waals surface area contributed by atoms with Crippen LogP contribution in [0.3, 0.4) is 0 Å². The largest absolute Gasteiger partial charge is 0.364 e. The Balaban J connectivity index is 1.46. The van der Waals surface area contributed by atoms with E-state index in [9.17, 15) is 4.79 Å². The Bertz CT molecular complexity index is 629. The van der Waals surface area contributed by atoms with E-state index in [0.717, 1.165) is 22.0 Å². The van der Waals surface area contributed by atoms with Gasteiger partial charge in [0.15, 0.2) is 0 Å². The maximum atomic E-state index is 12.4. The summed E-state index contributed by atoms with van der Waals surface area (Å²) in [4.78, 5) is 16.6. The van der Waals surface area contributed by atoms with E-state index in [2.05, 4.69) is 15.4 Å². The molecule has 3 aliphatic heterocycles. The molecule has 3 saturated heterocycles. The fraction of sp³-hybridized carbons (Fsp3) is 0.467. The number of carbonyl (C=O) groups is 1. The summed E-state index contributed by atoms with van der Waals surface area (Å²) in [7, 11) is 0. The number of aromatic nitrogens is 1. The minimum Gasteiger partial charge on any atom is -0.364 e. The van der Waals surface area contributed by atoms with E-state index in [4.69, 9.17) is 4.52 Å². The highest BCUT2D eigenvalue weighted by atomic mass is 32.1. The zero-order valence-electron chi connectivity index (χ0n) is 11.6. The molecule has 0 aliphatic carbocycles. The van der Waals surface area contributed by atoms with Crippen molar-refractivity contribution >= 4 is 17.2 Å². The van der Waals surface area contributed by atoms with Gasteiger partial charge in [0.1, 0.15) is 12.0 Å². The molecule has 110 valence electrons. The van der Waals surface area contributed by atoms with Crippen LogP contribution < -0.4 is 5.32 Å². The Morgan fingerprint density at radius 1 is 1.33 bits per heavy atom. The molecule has 1 atom stereocenters. The van der Waals surface area contributed by atoms with Gasteiger partial charge < -0.3 is 14.7 Å². The van der Waals surface area contributed by atoms with Crippen LogP contribution in [-0.4, -0.2) is 41.6 Å². The van der Waals surface area contributed by atoms with Gasteiger partial charge in [-0.15, -0.1) is 11.3 Å². The Labute approximate surface area is 126 Å². The normalized spacial score (nSPS) is 27.7. The topological polar surface area (TPSA) is 58.4 Å². The van der Waals surface area contributed by atoms with Crippen molar-refractivity contribution in [2.24, 2.45) is 5.92 Å². The van der Waals surface area contributed by atoms with E-state index in [0.29, 0.717) is 12.0 Å². The van der Waals surface area contributed by atoms with Crippen molar-refractivity contribution in [1.82, 2.24) is 15.4 Å². The van der Waals surface area contributed by atoms with Gasteiger partial charge in [-0.3, -0.25) is 4.79 Å². The van der Waals surface area contributed by atoms with Crippen LogP contribution in [0.5, 0.6) is 0 Å². The van der Waals surface area contributed by atoms with Crippen molar-refractivity contribution in [3.05, 3.63) is 29.3 Å². The number of hydrogen-bond donors (Lipinski definition) is 1. The van der Waals surface area contributed by atoms with Crippen molar-refractivity contribution in [3.63, 3.8) is 0 Å². The zero-order valence-corrected chi connectivity index (χ0v) is 12.4. The van der Waals surface area contributed by atoms with Gasteiger partial charge in [0, 0.05) is 18.7 Å². The van der Waals surface area contributed by atoms with Crippen LogP contribution in [0.2, 0.25) is 0 Å². The van der Waals surface area contributed by atoms with Crippen LogP contribution >= 0.6 is 11.3 Å². The van der Waals surface area contributed by atoms with Gasteiger partial charge in [-0.2, -0.15) is 0 Å². The third-order valence-electron chi connectivity index (χ3n) is 4.49. The summed E-state index contributed by atoms with van der Waals surface area (Å²) in [5.41, 5.74) is 0.780. The number of carbonyl (C=O) groups excluding carboxylic acids is 1. The number of piperidine rings is 3. The number of thiophene rings is 1. The molecular formula is C15H17N3O2S. The SMILES string of the molecule is O=C(NC1CN2CCC1CC2)c1ccc(-c2ccon2)s1. The lowest BCUT2D eigenvalue weighted by Crippen LogP contribution is -2.57. The summed E-state index contributed by atoms with van der Waals surface area (Å²) in [6.07, 6.45) is 3.96.